The number of benzene rings is 4. The van der Waals surface area contributed by atoms with Crippen LogP contribution in [-0.2, 0) is 0 Å². The van der Waals surface area contributed by atoms with Gasteiger partial charge in [0.2, 0.25) is 0 Å². The van der Waals surface area contributed by atoms with Crippen molar-refractivity contribution in [3.05, 3.63) is 136 Å². The minimum Gasteiger partial charge on any atom is -0.478 e. The highest BCUT2D eigenvalue weighted by atomic mass is 19.4. The van der Waals surface area contributed by atoms with E-state index in [1.165, 1.54) is 73.8 Å². The summed E-state index contributed by atoms with van der Waals surface area (Å²) in [7, 11) is 1.44. The fraction of sp³-hybridized carbons (Fsp3) is 0.125. The Balaban J connectivity index is 1.61. The first kappa shape index (κ1) is 29.7. The first-order valence-electron chi connectivity index (χ1n) is 12.7. The second kappa shape index (κ2) is 12.1. The molecule has 1 unspecified atom stereocenters. The van der Waals surface area contributed by atoms with Crippen molar-refractivity contribution in [2.45, 2.75) is 19.0 Å². The fourth-order valence-electron chi connectivity index (χ4n) is 4.46. The summed E-state index contributed by atoms with van der Waals surface area (Å²) in [5.41, 5.74) is 0.655. The third kappa shape index (κ3) is 6.55. The molecule has 1 atom stereocenters. The molecule has 4 aromatic rings. The lowest BCUT2D eigenvalue weighted by Gasteiger charge is -2.22. The Bertz CT molecular complexity index is 1660. The van der Waals surface area contributed by atoms with E-state index in [-0.39, 0.29) is 44.6 Å². The van der Waals surface area contributed by atoms with Gasteiger partial charge in [-0.15, -0.1) is 0 Å². The molecule has 214 valence electrons. The third-order valence-electron chi connectivity index (χ3n) is 6.61. The molecule has 0 heterocycles. The van der Waals surface area contributed by atoms with Gasteiger partial charge in [0.1, 0.15) is 5.92 Å². The van der Waals surface area contributed by atoms with Crippen LogP contribution in [-0.4, -0.2) is 41.9 Å². The number of alkyl halides is 3. The highest BCUT2D eigenvalue weighted by Gasteiger charge is 2.41. The van der Waals surface area contributed by atoms with Gasteiger partial charge in [-0.3, -0.25) is 14.4 Å². The number of aromatic carboxylic acids is 1. The molecule has 4 rings (SSSR count). The lowest BCUT2D eigenvalue weighted by Crippen LogP contribution is -2.22. The van der Waals surface area contributed by atoms with Gasteiger partial charge in [-0.2, -0.15) is 13.2 Å². The van der Waals surface area contributed by atoms with Gasteiger partial charge in [-0.05, 0) is 54.4 Å². The monoisotopic (exact) mass is 574 g/mol. The molecule has 0 fully saturated rings. The van der Waals surface area contributed by atoms with E-state index in [1.807, 2.05) is 0 Å². The average molecular weight is 575 g/mol. The van der Waals surface area contributed by atoms with E-state index in [1.54, 1.807) is 19.1 Å². The molecule has 0 bridgehead atoms. The number of carboxylic acids is 1. The molecule has 2 amide bonds. The van der Waals surface area contributed by atoms with Gasteiger partial charge in [0.25, 0.3) is 11.8 Å². The lowest BCUT2D eigenvalue weighted by atomic mass is 9.90. The standard InChI is InChI=1S/C32H25F3N2O5/c1-18-6-8-19(9-7-18)27(32(33,34)35)20-10-13-24(14-11-20)37-30(40)26-17-22(12-15-25(26)31(41)42)28(38)21-4-3-5-23(16-21)29(39)36-2/h3-17,27H,1-2H3,(H,36,39)(H,37,40)(H,41,42). The number of anilines is 1. The quantitative estimate of drug-likeness (QED) is 0.216. The Hall–Kier alpha value is -5.25. The van der Waals surface area contributed by atoms with E-state index >= 15 is 0 Å². The number of nitrogens with one attached hydrogen (secondary N) is 2. The van der Waals surface area contributed by atoms with Crippen LogP contribution >= 0.6 is 0 Å². The molecule has 0 aliphatic heterocycles. The number of hydrogen-bond acceptors (Lipinski definition) is 4. The van der Waals surface area contributed by atoms with E-state index in [2.05, 4.69) is 10.6 Å². The topological polar surface area (TPSA) is 113 Å². The van der Waals surface area contributed by atoms with Crippen LogP contribution in [0.4, 0.5) is 18.9 Å². The van der Waals surface area contributed by atoms with Crippen molar-refractivity contribution in [3.63, 3.8) is 0 Å². The molecule has 0 saturated carbocycles. The van der Waals surface area contributed by atoms with Gasteiger partial charge >= 0.3 is 12.1 Å². The molecule has 0 saturated heterocycles. The Morgan fingerprint density at radius 2 is 1.29 bits per heavy atom. The van der Waals surface area contributed by atoms with Crippen LogP contribution in [0, 0.1) is 6.92 Å². The zero-order chi connectivity index (χ0) is 30.6. The van der Waals surface area contributed by atoms with Crippen molar-refractivity contribution < 1.29 is 37.5 Å². The van der Waals surface area contributed by atoms with Crippen molar-refractivity contribution in [1.82, 2.24) is 5.32 Å². The number of aryl methyl sites for hydroxylation is 1. The fourth-order valence-corrected chi connectivity index (χ4v) is 4.46. The Labute approximate surface area is 239 Å². The second-order valence-electron chi connectivity index (χ2n) is 9.52. The Kier molecular flexibility index (Phi) is 8.56. The molecule has 4 aromatic carbocycles. The maximum Gasteiger partial charge on any atom is 0.399 e. The molecular formula is C32H25F3N2O5. The molecule has 0 aliphatic carbocycles. The maximum atomic E-state index is 14.0. The van der Waals surface area contributed by atoms with E-state index < -0.39 is 35.7 Å². The van der Waals surface area contributed by atoms with Crippen molar-refractivity contribution >= 4 is 29.3 Å². The Morgan fingerprint density at radius 3 is 1.86 bits per heavy atom. The number of ketones is 1. The lowest BCUT2D eigenvalue weighted by molar-refractivity contribution is -0.141. The molecule has 0 spiro atoms. The molecule has 7 nitrogen and oxygen atoms in total. The van der Waals surface area contributed by atoms with Crippen LogP contribution in [0.15, 0.2) is 91.0 Å². The maximum absolute atomic E-state index is 14.0. The summed E-state index contributed by atoms with van der Waals surface area (Å²) >= 11 is 0. The van der Waals surface area contributed by atoms with Crippen LogP contribution in [0.1, 0.15) is 69.6 Å². The van der Waals surface area contributed by atoms with E-state index in [9.17, 15) is 37.5 Å². The van der Waals surface area contributed by atoms with Crippen molar-refractivity contribution in [2.75, 3.05) is 12.4 Å². The van der Waals surface area contributed by atoms with E-state index in [0.29, 0.717) is 0 Å². The second-order valence-corrected chi connectivity index (χ2v) is 9.52. The van der Waals surface area contributed by atoms with Gasteiger partial charge < -0.3 is 15.7 Å². The predicted molar refractivity (Wildman–Crippen MR) is 150 cm³/mol. The molecule has 0 aromatic heterocycles. The number of halogens is 3. The molecular weight excluding hydrogens is 549 g/mol. The number of amides is 2. The summed E-state index contributed by atoms with van der Waals surface area (Å²) in [5.74, 6) is -5.13. The normalized spacial score (nSPS) is 11.8. The van der Waals surface area contributed by atoms with Crippen LogP contribution < -0.4 is 10.6 Å². The van der Waals surface area contributed by atoms with Gasteiger partial charge in [0.05, 0.1) is 11.1 Å². The smallest absolute Gasteiger partial charge is 0.399 e. The van der Waals surface area contributed by atoms with E-state index in [4.69, 9.17) is 0 Å². The summed E-state index contributed by atoms with van der Waals surface area (Å²) in [4.78, 5) is 50.1. The van der Waals surface area contributed by atoms with Crippen molar-refractivity contribution in [3.8, 4) is 0 Å². The van der Waals surface area contributed by atoms with Gasteiger partial charge in [0.15, 0.2) is 5.78 Å². The van der Waals surface area contributed by atoms with Crippen LogP contribution in [0.5, 0.6) is 0 Å². The predicted octanol–water partition coefficient (Wildman–Crippen LogP) is 6.23. The average Bonchev–Trinajstić information content (AvgIpc) is 2.97. The van der Waals surface area contributed by atoms with Gasteiger partial charge in [0, 0.05) is 29.4 Å². The third-order valence-corrected chi connectivity index (χ3v) is 6.61. The molecule has 0 aliphatic rings. The molecule has 0 radical (unpaired) electrons. The summed E-state index contributed by atoms with van der Waals surface area (Å²) < 4.78 is 41.9. The largest absolute Gasteiger partial charge is 0.478 e. The zero-order valence-electron chi connectivity index (χ0n) is 22.5. The minimum absolute atomic E-state index is 0.000622. The highest BCUT2D eigenvalue weighted by Crippen LogP contribution is 2.40. The number of rotatable bonds is 8. The molecule has 42 heavy (non-hydrogen) atoms. The molecule has 10 heteroatoms. The first-order valence-corrected chi connectivity index (χ1v) is 12.7. The number of carbonyl (C=O) groups excluding carboxylic acids is 3. The SMILES string of the molecule is CNC(=O)c1cccc(C(=O)c2ccc(C(=O)O)c(C(=O)Nc3ccc(C(c4ccc(C)cc4)C(F)(F)F)cc3)c2)c1. The summed E-state index contributed by atoms with van der Waals surface area (Å²) in [6.45, 7) is 1.77. The summed E-state index contributed by atoms with van der Waals surface area (Å²) in [5, 5.41) is 14.6. The van der Waals surface area contributed by atoms with Crippen molar-refractivity contribution in [1.29, 1.82) is 0 Å². The summed E-state index contributed by atoms with van der Waals surface area (Å²) in [6.07, 6.45) is -4.57. The first-order chi connectivity index (χ1) is 19.9. The van der Waals surface area contributed by atoms with Gasteiger partial charge in [-0.1, -0.05) is 60.2 Å². The van der Waals surface area contributed by atoms with Crippen molar-refractivity contribution in [2.24, 2.45) is 0 Å². The molecule has 3 N–H and O–H groups in total. The number of carboxylic acid groups (broad SMARTS) is 1. The van der Waals surface area contributed by atoms with Crippen LogP contribution in [0.25, 0.3) is 0 Å². The van der Waals surface area contributed by atoms with Crippen LogP contribution in [0.2, 0.25) is 0 Å². The Morgan fingerprint density at radius 1 is 0.714 bits per heavy atom. The number of hydrogen-bond donors (Lipinski definition) is 3. The van der Waals surface area contributed by atoms with Crippen LogP contribution in [0.3, 0.4) is 0 Å². The minimum atomic E-state index is -4.57. The highest BCUT2D eigenvalue weighted by molar-refractivity contribution is 6.15. The summed E-state index contributed by atoms with van der Waals surface area (Å²) in [6, 6.07) is 20.5. The van der Waals surface area contributed by atoms with Gasteiger partial charge in [-0.25, -0.2) is 4.79 Å². The van der Waals surface area contributed by atoms with E-state index in [0.717, 1.165) is 17.7 Å². The zero-order valence-corrected chi connectivity index (χ0v) is 22.5. The number of carbonyl (C=O) groups is 4.